The van der Waals surface area contributed by atoms with Gasteiger partial charge >= 0.3 is 0 Å². The fourth-order valence-electron chi connectivity index (χ4n) is 3.83. The Morgan fingerprint density at radius 3 is 2.48 bits per heavy atom. The zero-order chi connectivity index (χ0) is 23.9. The van der Waals surface area contributed by atoms with E-state index >= 15 is 0 Å². The molecule has 0 radical (unpaired) electrons. The molecule has 33 heavy (non-hydrogen) atoms. The van der Waals surface area contributed by atoms with E-state index < -0.39 is 17.7 Å². The van der Waals surface area contributed by atoms with E-state index in [1.165, 1.54) is 0 Å². The highest BCUT2D eigenvalue weighted by molar-refractivity contribution is 6.03. The van der Waals surface area contributed by atoms with Crippen molar-refractivity contribution in [2.45, 2.75) is 51.5 Å². The van der Waals surface area contributed by atoms with Gasteiger partial charge in [-0.1, -0.05) is 29.4 Å². The fraction of sp³-hybridized carbons (Fsp3) is 0.391. The Morgan fingerprint density at radius 1 is 1.24 bits per heavy atom. The molecule has 1 amide bonds. The van der Waals surface area contributed by atoms with Crippen LogP contribution in [0.5, 0.6) is 0 Å². The number of primary amides is 1. The zero-order valence-electron chi connectivity index (χ0n) is 18.3. The van der Waals surface area contributed by atoms with Crippen molar-refractivity contribution < 1.29 is 22.9 Å². The molecule has 1 atom stereocenters. The second-order valence-electron chi connectivity index (χ2n) is 8.75. The van der Waals surface area contributed by atoms with Gasteiger partial charge in [0.1, 0.15) is 28.6 Å². The lowest BCUT2D eigenvalue weighted by Gasteiger charge is -2.06. The standard InChI is InChI=1S/C23H25F2N5O3/c1-12(2)30-21(26)19(22(27)32)20(28-30)14-5-3-13(4-6-14)7-17(31)10-18-9-16(29-33-18)8-15-11-23(15,24)25/h3-6,9,12,15H,7-8,10-11,26H2,1-2H3,(H2,27,32). The minimum Gasteiger partial charge on any atom is -0.383 e. The Kier molecular flexibility index (Phi) is 5.77. The number of hydrogen-bond acceptors (Lipinski definition) is 6. The van der Waals surface area contributed by atoms with E-state index in [1.54, 1.807) is 35.0 Å². The van der Waals surface area contributed by atoms with E-state index in [2.05, 4.69) is 10.3 Å². The lowest BCUT2D eigenvalue weighted by atomic mass is 10.0. The summed E-state index contributed by atoms with van der Waals surface area (Å²) in [6.45, 7) is 3.79. The van der Waals surface area contributed by atoms with Gasteiger partial charge < -0.3 is 16.0 Å². The van der Waals surface area contributed by atoms with Gasteiger partial charge in [-0.05, 0) is 19.4 Å². The molecule has 1 aliphatic carbocycles. The molecule has 4 rings (SSSR count). The molecule has 1 saturated carbocycles. The van der Waals surface area contributed by atoms with Gasteiger partial charge in [0.05, 0.1) is 12.1 Å². The number of benzene rings is 1. The number of aromatic nitrogens is 3. The predicted molar refractivity (Wildman–Crippen MR) is 117 cm³/mol. The first-order valence-corrected chi connectivity index (χ1v) is 10.7. The molecule has 4 N–H and O–H groups in total. The number of hydrogen-bond donors (Lipinski definition) is 2. The number of nitrogen functional groups attached to an aromatic ring is 1. The maximum Gasteiger partial charge on any atom is 0.254 e. The molecule has 1 unspecified atom stereocenters. The van der Waals surface area contributed by atoms with Crippen LogP contribution in [-0.2, 0) is 24.1 Å². The third-order valence-electron chi connectivity index (χ3n) is 5.70. The van der Waals surface area contributed by atoms with Crippen molar-refractivity contribution in [2.24, 2.45) is 11.7 Å². The molecule has 2 aromatic heterocycles. The van der Waals surface area contributed by atoms with Crippen molar-refractivity contribution in [2.75, 3.05) is 5.73 Å². The average molecular weight is 457 g/mol. The number of carbonyl (C=O) groups excluding carboxylic acids is 2. The first-order chi connectivity index (χ1) is 15.5. The summed E-state index contributed by atoms with van der Waals surface area (Å²) in [5.74, 6) is -3.50. The van der Waals surface area contributed by atoms with Crippen LogP contribution in [0.25, 0.3) is 11.3 Å². The summed E-state index contributed by atoms with van der Waals surface area (Å²) < 4.78 is 32.8. The van der Waals surface area contributed by atoms with Crippen LogP contribution in [0, 0.1) is 5.92 Å². The molecule has 0 aliphatic heterocycles. The van der Waals surface area contributed by atoms with Crippen molar-refractivity contribution in [3.63, 3.8) is 0 Å². The van der Waals surface area contributed by atoms with Crippen molar-refractivity contribution in [1.82, 2.24) is 14.9 Å². The molecular weight excluding hydrogens is 432 g/mol. The van der Waals surface area contributed by atoms with Gasteiger partial charge in [-0.15, -0.1) is 0 Å². The van der Waals surface area contributed by atoms with Gasteiger partial charge in [0.25, 0.3) is 11.8 Å². The molecular formula is C23H25F2N5O3. The summed E-state index contributed by atoms with van der Waals surface area (Å²) in [5.41, 5.74) is 14.0. The molecule has 3 aromatic rings. The Morgan fingerprint density at radius 2 is 1.91 bits per heavy atom. The summed E-state index contributed by atoms with van der Waals surface area (Å²) in [6, 6.07) is 8.56. The van der Waals surface area contributed by atoms with Crippen LogP contribution in [0.3, 0.4) is 0 Å². The van der Waals surface area contributed by atoms with Crippen LogP contribution in [0.1, 0.15) is 53.7 Å². The van der Waals surface area contributed by atoms with Crippen LogP contribution in [0.2, 0.25) is 0 Å². The quantitative estimate of drug-likeness (QED) is 0.507. The largest absolute Gasteiger partial charge is 0.383 e. The van der Waals surface area contributed by atoms with E-state index in [1.807, 2.05) is 13.8 Å². The Hall–Kier alpha value is -3.56. The fourth-order valence-corrected chi connectivity index (χ4v) is 3.83. The highest BCUT2D eigenvalue weighted by Gasteiger charge is 2.56. The van der Waals surface area contributed by atoms with Crippen molar-refractivity contribution in [3.05, 3.63) is 52.9 Å². The maximum atomic E-state index is 13.0. The van der Waals surface area contributed by atoms with E-state index in [0.717, 1.165) is 5.56 Å². The molecule has 1 fully saturated rings. The molecule has 1 aromatic carbocycles. The summed E-state index contributed by atoms with van der Waals surface area (Å²) in [7, 11) is 0. The summed E-state index contributed by atoms with van der Waals surface area (Å²) in [5, 5.41) is 8.23. The Balaban J connectivity index is 1.41. The minimum absolute atomic E-state index is 0.0248. The second-order valence-corrected chi connectivity index (χ2v) is 8.75. The lowest BCUT2D eigenvalue weighted by Crippen LogP contribution is -2.15. The van der Waals surface area contributed by atoms with Crippen LogP contribution in [0.4, 0.5) is 14.6 Å². The highest BCUT2D eigenvalue weighted by Crippen LogP contribution is 2.50. The molecule has 10 heteroatoms. The lowest BCUT2D eigenvalue weighted by molar-refractivity contribution is -0.118. The van der Waals surface area contributed by atoms with Gasteiger partial charge in [0.15, 0.2) is 0 Å². The molecule has 0 bridgehead atoms. The number of rotatable bonds is 9. The third-order valence-corrected chi connectivity index (χ3v) is 5.70. The first-order valence-electron chi connectivity index (χ1n) is 10.7. The molecule has 0 saturated heterocycles. The van der Waals surface area contributed by atoms with Crippen molar-refractivity contribution in [1.29, 1.82) is 0 Å². The molecule has 2 heterocycles. The molecule has 1 aliphatic rings. The first kappa shape index (κ1) is 22.6. The molecule has 174 valence electrons. The predicted octanol–water partition coefficient (Wildman–Crippen LogP) is 3.35. The summed E-state index contributed by atoms with van der Waals surface area (Å²) in [6.07, 6.45) is 0.200. The van der Waals surface area contributed by atoms with Crippen LogP contribution in [-0.4, -0.2) is 32.6 Å². The van der Waals surface area contributed by atoms with Crippen molar-refractivity contribution >= 4 is 17.5 Å². The number of carbonyl (C=O) groups is 2. The number of alkyl halides is 2. The normalized spacial score (nSPS) is 16.8. The van der Waals surface area contributed by atoms with Gasteiger partial charge in [0, 0.05) is 42.9 Å². The number of Topliss-reactive ketones (excluding diaryl/α,β-unsaturated/α-hetero) is 1. The van der Waals surface area contributed by atoms with E-state index in [9.17, 15) is 18.4 Å². The van der Waals surface area contributed by atoms with E-state index in [0.29, 0.717) is 22.7 Å². The Labute approximate surface area is 188 Å². The van der Waals surface area contributed by atoms with E-state index in [-0.39, 0.29) is 48.9 Å². The zero-order valence-corrected chi connectivity index (χ0v) is 18.3. The topological polar surface area (TPSA) is 130 Å². The summed E-state index contributed by atoms with van der Waals surface area (Å²) in [4.78, 5) is 24.4. The number of nitrogens with two attached hydrogens (primary N) is 2. The van der Waals surface area contributed by atoms with Crippen LogP contribution < -0.4 is 11.5 Å². The third kappa shape index (κ3) is 4.79. The van der Waals surface area contributed by atoms with E-state index in [4.69, 9.17) is 16.0 Å². The monoisotopic (exact) mass is 457 g/mol. The molecule has 0 spiro atoms. The number of halogens is 2. The van der Waals surface area contributed by atoms with Gasteiger partial charge in [-0.2, -0.15) is 5.10 Å². The van der Waals surface area contributed by atoms with Gasteiger partial charge in [-0.25, -0.2) is 13.5 Å². The van der Waals surface area contributed by atoms with Crippen molar-refractivity contribution in [3.8, 4) is 11.3 Å². The number of nitrogens with zero attached hydrogens (tertiary/aromatic N) is 3. The number of amides is 1. The van der Waals surface area contributed by atoms with Crippen LogP contribution >= 0.6 is 0 Å². The SMILES string of the molecule is CC(C)n1nc(-c2ccc(CC(=O)Cc3cc(CC4CC4(F)F)no3)cc2)c(C(N)=O)c1N. The average Bonchev–Trinajstić information content (AvgIpc) is 3.05. The summed E-state index contributed by atoms with van der Waals surface area (Å²) >= 11 is 0. The maximum absolute atomic E-state index is 13.0. The van der Waals surface area contributed by atoms with Gasteiger partial charge in [-0.3, -0.25) is 9.59 Å². The smallest absolute Gasteiger partial charge is 0.254 e. The minimum atomic E-state index is -2.61. The highest BCUT2D eigenvalue weighted by atomic mass is 19.3. The Bertz CT molecular complexity index is 1200. The number of ketones is 1. The second kappa shape index (κ2) is 8.42. The molecule has 8 nitrogen and oxygen atoms in total. The van der Waals surface area contributed by atoms with Crippen LogP contribution in [0.15, 0.2) is 34.9 Å². The van der Waals surface area contributed by atoms with Gasteiger partial charge in [0.2, 0.25) is 0 Å². The number of anilines is 1.